The zero-order valence-electron chi connectivity index (χ0n) is 13.9. The highest BCUT2D eigenvalue weighted by atomic mass is 16.5. The van der Waals surface area contributed by atoms with E-state index in [1.54, 1.807) is 0 Å². The summed E-state index contributed by atoms with van der Waals surface area (Å²) in [6, 6.07) is 15.9. The molecule has 0 spiro atoms. The van der Waals surface area contributed by atoms with Crippen molar-refractivity contribution in [2.24, 2.45) is 0 Å². The van der Waals surface area contributed by atoms with Crippen molar-refractivity contribution in [2.75, 3.05) is 38.3 Å². The van der Waals surface area contributed by atoms with Crippen LogP contribution in [0, 0.1) is 6.92 Å². The third kappa shape index (κ3) is 5.83. The first-order chi connectivity index (χ1) is 11.3. The Morgan fingerprint density at radius 3 is 2.30 bits per heavy atom. The Morgan fingerprint density at radius 2 is 1.52 bits per heavy atom. The van der Waals surface area contributed by atoms with Crippen LogP contribution in [-0.4, -0.2) is 33.0 Å². The Balaban J connectivity index is 1.78. The van der Waals surface area contributed by atoms with Crippen molar-refractivity contribution in [2.45, 2.75) is 13.8 Å². The number of nitrogens with one attached hydrogen (secondary N) is 1. The van der Waals surface area contributed by atoms with Gasteiger partial charge in [0.05, 0.1) is 12.3 Å². The zero-order chi connectivity index (χ0) is 16.3. The predicted molar refractivity (Wildman–Crippen MR) is 93.6 cm³/mol. The summed E-state index contributed by atoms with van der Waals surface area (Å²) in [5, 5.41) is 3.35. The highest BCUT2D eigenvalue weighted by Crippen LogP contribution is 2.23. The molecular formula is C19H25NO3. The van der Waals surface area contributed by atoms with Crippen LogP contribution in [0.2, 0.25) is 0 Å². The van der Waals surface area contributed by atoms with Gasteiger partial charge in [-0.2, -0.15) is 0 Å². The summed E-state index contributed by atoms with van der Waals surface area (Å²) in [6.45, 7) is 7.18. The number of aryl methyl sites for hydroxylation is 1. The van der Waals surface area contributed by atoms with Crippen LogP contribution >= 0.6 is 0 Å². The molecule has 4 heteroatoms. The fourth-order valence-corrected chi connectivity index (χ4v) is 2.16. The molecule has 0 atom stereocenters. The lowest BCUT2D eigenvalue weighted by molar-refractivity contribution is 0.110. The number of hydrogen-bond acceptors (Lipinski definition) is 4. The molecule has 0 fully saturated rings. The summed E-state index contributed by atoms with van der Waals surface area (Å²) in [5.41, 5.74) is 2.12. The van der Waals surface area contributed by atoms with Crippen molar-refractivity contribution < 1.29 is 14.2 Å². The van der Waals surface area contributed by atoms with Gasteiger partial charge in [0.15, 0.2) is 0 Å². The second-order valence-corrected chi connectivity index (χ2v) is 5.08. The number of para-hydroxylation sites is 3. The van der Waals surface area contributed by atoms with Gasteiger partial charge in [0, 0.05) is 13.2 Å². The van der Waals surface area contributed by atoms with E-state index in [1.807, 2.05) is 62.4 Å². The first-order valence-electron chi connectivity index (χ1n) is 8.03. The summed E-state index contributed by atoms with van der Waals surface area (Å²) in [4.78, 5) is 0. The quantitative estimate of drug-likeness (QED) is 0.675. The maximum atomic E-state index is 5.79. The second kappa shape index (κ2) is 9.74. The van der Waals surface area contributed by atoms with Crippen molar-refractivity contribution in [3.63, 3.8) is 0 Å². The molecule has 0 saturated heterocycles. The maximum Gasteiger partial charge on any atom is 0.142 e. The van der Waals surface area contributed by atoms with E-state index in [4.69, 9.17) is 14.2 Å². The topological polar surface area (TPSA) is 39.7 Å². The molecule has 0 aliphatic rings. The lowest BCUT2D eigenvalue weighted by atomic mass is 10.2. The van der Waals surface area contributed by atoms with E-state index in [0.717, 1.165) is 22.7 Å². The van der Waals surface area contributed by atoms with Gasteiger partial charge >= 0.3 is 0 Å². The standard InChI is InChI=1S/C19H25NO3/c1-3-21-14-15-23-19-11-7-5-9-17(19)20-12-13-22-18-10-6-4-8-16(18)2/h4-11,20H,3,12-15H2,1-2H3. The third-order valence-electron chi connectivity index (χ3n) is 3.35. The molecule has 0 saturated carbocycles. The van der Waals surface area contributed by atoms with Crippen LogP contribution in [0.1, 0.15) is 12.5 Å². The lowest BCUT2D eigenvalue weighted by Crippen LogP contribution is -2.13. The number of hydrogen-bond donors (Lipinski definition) is 1. The molecular weight excluding hydrogens is 290 g/mol. The Kier molecular flexibility index (Phi) is 7.27. The molecule has 124 valence electrons. The SMILES string of the molecule is CCOCCOc1ccccc1NCCOc1ccccc1C. The van der Waals surface area contributed by atoms with E-state index in [9.17, 15) is 0 Å². The Labute approximate surface area is 138 Å². The Morgan fingerprint density at radius 1 is 0.826 bits per heavy atom. The molecule has 0 unspecified atom stereocenters. The van der Waals surface area contributed by atoms with Crippen molar-refractivity contribution in [3.8, 4) is 11.5 Å². The predicted octanol–water partition coefficient (Wildman–Crippen LogP) is 3.90. The highest BCUT2D eigenvalue weighted by Gasteiger charge is 2.03. The molecule has 23 heavy (non-hydrogen) atoms. The fourth-order valence-electron chi connectivity index (χ4n) is 2.16. The van der Waals surface area contributed by atoms with Crippen LogP contribution in [0.3, 0.4) is 0 Å². The molecule has 0 aliphatic carbocycles. The van der Waals surface area contributed by atoms with E-state index in [0.29, 0.717) is 33.0 Å². The molecule has 2 aromatic carbocycles. The van der Waals surface area contributed by atoms with Gasteiger partial charge in [0.1, 0.15) is 24.7 Å². The molecule has 0 bridgehead atoms. The van der Waals surface area contributed by atoms with Gasteiger partial charge < -0.3 is 19.5 Å². The average Bonchev–Trinajstić information content (AvgIpc) is 2.58. The minimum Gasteiger partial charge on any atom is -0.491 e. The molecule has 0 aromatic heterocycles. The van der Waals surface area contributed by atoms with Gasteiger partial charge in [0.25, 0.3) is 0 Å². The number of ether oxygens (including phenoxy) is 3. The molecule has 0 radical (unpaired) electrons. The van der Waals surface area contributed by atoms with Gasteiger partial charge in [0.2, 0.25) is 0 Å². The fraction of sp³-hybridized carbons (Fsp3) is 0.368. The van der Waals surface area contributed by atoms with Gasteiger partial charge in [-0.05, 0) is 37.6 Å². The minimum absolute atomic E-state index is 0.548. The monoisotopic (exact) mass is 315 g/mol. The van der Waals surface area contributed by atoms with E-state index < -0.39 is 0 Å². The number of benzene rings is 2. The first kappa shape index (κ1) is 17.2. The van der Waals surface area contributed by atoms with Crippen molar-refractivity contribution in [1.82, 2.24) is 0 Å². The van der Waals surface area contributed by atoms with Gasteiger partial charge in [-0.25, -0.2) is 0 Å². The summed E-state index contributed by atoms with van der Waals surface area (Å²) >= 11 is 0. The number of rotatable bonds is 10. The van der Waals surface area contributed by atoms with Crippen molar-refractivity contribution in [1.29, 1.82) is 0 Å². The molecule has 2 rings (SSSR count). The molecule has 0 heterocycles. The van der Waals surface area contributed by atoms with E-state index in [1.165, 1.54) is 0 Å². The zero-order valence-corrected chi connectivity index (χ0v) is 13.9. The summed E-state index contributed by atoms with van der Waals surface area (Å²) in [7, 11) is 0. The molecule has 2 aromatic rings. The normalized spacial score (nSPS) is 10.3. The lowest BCUT2D eigenvalue weighted by Gasteiger charge is -2.14. The van der Waals surface area contributed by atoms with Crippen LogP contribution in [0.4, 0.5) is 5.69 Å². The van der Waals surface area contributed by atoms with Gasteiger partial charge in [-0.3, -0.25) is 0 Å². The average molecular weight is 315 g/mol. The van der Waals surface area contributed by atoms with Crippen LogP contribution < -0.4 is 14.8 Å². The van der Waals surface area contributed by atoms with Crippen LogP contribution in [0.15, 0.2) is 48.5 Å². The summed E-state index contributed by atoms with van der Waals surface area (Å²) < 4.78 is 16.8. The smallest absolute Gasteiger partial charge is 0.142 e. The largest absolute Gasteiger partial charge is 0.491 e. The molecule has 0 amide bonds. The van der Waals surface area contributed by atoms with Crippen molar-refractivity contribution in [3.05, 3.63) is 54.1 Å². The van der Waals surface area contributed by atoms with E-state index >= 15 is 0 Å². The number of anilines is 1. The van der Waals surface area contributed by atoms with Crippen LogP contribution in [0.25, 0.3) is 0 Å². The highest BCUT2D eigenvalue weighted by molar-refractivity contribution is 5.56. The van der Waals surface area contributed by atoms with E-state index in [2.05, 4.69) is 5.32 Å². The summed E-state index contributed by atoms with van der Waals surface area (Å²) in [5.74, 6) is 1.76. The van der Waals surface area contributed by atoms with E-state index in [-0.39, 0.29) is 0 Å². The Hall–Kier alpha value is -2.20. The summed E-state index contributed by atoms with van der Waals surface area (Å²) in [6.07, 6.45) is 0. The van der Waals surface area contributed by atoms with Gasteiger partial charge in [-0.1, -0.05) is 30.3 Å². The van der Waals surface area contributed by atoms with Gasteiger partial charge in [-0.15, -0.1) is 0 Å². The minimum atomic E-state index is 0.548. The maximum absolute atomic E-state index is 5.79. The third-order valence-corrected chi connectivity index (χ3v) is 3.35. The van der Waals surface area contributed by atoms with Crippen LogP contribution in [-0.2, 0) is 4.74 Å². The second-order valence-electron chi connectivity index (χ2n) is 5.08. The Bertz CT molecular complexity index is 586. The first-order valence-corrected chi connectivity index (χ1v) is 8.03. The molecule has 1 N–H and O–H groups in total. The van der Waals surface area contributed by atoms with Crippen molar-refractivity contribution >= 4 is 5.69 Å². The van der Waals surface area contributed by atoms with Crippen LogP contribution in [0.5, 0.6) is 11.5 Å². The molecule has 4 nitrogen and oxygen atoms in total. The molecule has 0 aliphatic heterocycles.